The molecule has 1 unspecified atom stereocenters. The van der Waals surface area contributed by atoms with Gasteiger partial charge in [-0.2, -0.15) is 0 Å². The van der Waals surface area contributed by atoms with E-state index in [9.17, 15) is 8.76 Å². The van der Waals surface area contributed by atoms with E-state index in [1.54, 1.807) is 24.3 Å². The van der Waals surface area contributed by atoms with Gasteiger partial charge in [0.05, 0.1) is 0 Å². The van der Waals surface area contributed by atoms with Crippen LogP contribution < -0.4 is 0 Å². The quantitative estimate of drug-likeness (QED) is 0.564. The third-order valence-electron chi connectivity index (χ3n) is 1.21. The number of hydrogen-bond acceptors (Lipinski definition) is 2. The third-order valence-corrected chi connectivity index (χ3v) is 1.87. The van der Waals surface area contributed by atoms with Crippen LogP contribution in [0.25, 0.3) is 0 Å². The van der Waals surface area contributed by atoms with Crippen LogP contribution in [0, 0.1) is 6.92 Å². The molecule has 64 valence electrons. The summed E-state index contributed by atoms with van der Waals surface area (Å²) in [5, 5.41) is 0. The summed E-state index contributed by atoms with van der Waals surface area (Å²) in [5.41, 5.74) is 1.06. The molecule has 0 fully saturated rings. The number of aryl methyl sites for hydroxylation is 1. The van der Waals surface area contributed by atoms with Gasteiger partial charge in [-0.15, -0.1) is 0 Å². The molecule has 0 bridgehead atoms. The first-order valence-corrected chi connectivity index (χ1v) is 3.93. The third kappa shape index (κ3) is 3.31. The molecule has 4 heteroatoms. The van der Waals surface area contributed by atoms with Crippen LogP contribution in [0.4, 0.5) is 0 Å². The zero-order valence-corrected chi connectivity index (χ0v) is 8.13. The molecule has 0 saturated carbocycles. The molecule has 0 heterocycles. The van der Waals surface area contributed by atoms with Gasteiger partial charge in [0.2, 0.25) is 0 Å². The summed E-state index contributed by atoms with van der Waals surface area (Å²) >= 11 is -2.09. The first-order chi connectivity index (χ1) is 4.70. The number of benzene rings is 1. The minimum absolute atomic E-state index is 0. The van der Waals surface area contributed by atoms with E-state index >= 15 is 0 Å². The van der Waals surface area contributed by atoms with Crippen LogP contribution in [0.1, 0.15) is 5.56 Å². The largest absolute Gasteiger partial charge is 1.00 e. The molecule has 0 radical (unpaired) electrons. The Kier molecular flexibility index (Phi) is 4.88. The van der Waals surface area contributed by atoms with Crippen LogP contribution in [0.2, 0.25) is 0 Å². The van der Waals surface area contributed by atoms with Gasteiger partial charge < -0.3 is 4.55 Å². The molecule has 0 N–H and O–H groups in total. The number of hydrogen-bond donors (Lipinski definition) is 0. The monoisotopic (exact) mass is 262 g/mol. The Labute approximate surface area is 83.8 Å². The second-order valence-corrected chi connectivity index (χ2v) is 2.99. The van der Waals surface area contributed by atoms with Crippen molar-refractivity contribution in [2.24, 2.45) is 0 Å². The zero-order chi connectivity index (χ0) is 7.56. The molecule has 0 aliphatic rings. The summed E-state index contributed by atoms with van der Waals surface area (Å²) < 4.78 is 20.6. The molecule has 11 heavy (non-hydrogen) atoms. The molecule has 1 aromatic rings. The summed E-state index contributed by atoms with van der Waals surface area (Å²) in [6, 6.07) is 6.70. The maximum atomic E-state index is 10.3. The molecule has 1 rings (SSSR count). The maximum absolute atomic E-state index is 10.3. The van der Waals surface area contributed by atoms with E-state index < -0.39 is 11.1 Å². The second-order valence-electron chi connectivity index (χ2n) is 2.05. The fraction of sp³-hybridized carbons (Fsp3) is 0.143. The van der Waals surface area contributed by atoms with E-state index in [4.69, 9.17) is 0 Å². The van der Waals surface area contributed by atoms with E-state index in [2.05, 4.69) is 0 Å². The molecule has 0 aromatic heterocycles. The zero-order valence-electron chi connectivity index (χ0n) is 5.84. The molecule has 1 atom stereocenters. The van der Waals surface area contributed by atoms with Crippen LogP contribution >= 0.6 is 0 Å². The molecule has 0 aliphatic carbocycles. The van der Waals surface area contributed by atoms with Crippen LogP contribution in [0.5, 0.6) is 0 Å². The Morgan fingerprint density at radius 3 is 2.09 bits per heavy atom. The first-order valence-electron chi connectivity index (χ1n) is 2.86. The SMILES string of the molecule is Cc1ccc(S(=O)[O-])cc1.[Ag+]. The van der Waals surface area contributed by atoms with E-state index in [0.717, 1.165) is 5.56 Å². The predicted octanol–water partition coefficient (Wildman–Crippen LogP) is 1.23. The standard InChI is InChI=1S/C7H8O2S.Ag/c1-6-2-4-7(5-3-6)10(8)9;/h2-5H,1H3,(H,8,9);/q;+1/p-1. The second kappa shape index (κ2) is 4.85. The summed E-state index contributed by atoms with van der Waals surface area (Å²) in [7, 11) is 0. The van der Waals surface area contributed by atoms with Gasteiger partial charge in [-0.3, -0.25) is 4.21 Å². The summed E-state index contributed by atoms with van der Waals surface area (Å²) in [5.74, 6) is 0. The van der Waals surface area contributed by atoms with Gasteiger partial charge >= 0.3 is 22.4 Å². The fourth-order valence-corrected chi connectivity index (χ4v) is 1.01. The van der Waals surface area contributed by atoms with Crippen molar-refractivity contribution in [3.63, 3.8) is 0 Å². The van der Waals surface area contributed by atoms with E-state index in [0.29, 0.717) is 4.90 Å². The topological polar surface area (TPSA) is 40.1 Å². The van der Waals surface area contributed by atoms with Crippen molar-refractivity contribution in [1.82, 2.24) is 0 Å². The predicted molar refractivity (Wildman–Crippen MR) is 38.4 cm³/mol. The van der Waals surface area contributed by atoms with Crippen LogP contribution in [-0.4, -0.2) is 8.76 Å². The Hall–Kier alpha value is 0.0703. The average Bonchev–Trinajstić information content (AvgIpc) is 1.88. The van der Waals surface area contributed by atoms with Crippen molar-refractivity contribution in [2.45, 2.75) is 11.8 Å². The van der Waals surface area contributed by atoms with Crippen molar-refractivity contribution in [1.29, 1.82) is 0 Å². The van der Waals surface area contributed by atoms with Crippen molar-refractivity contribution in [3.05, 3.63) is 29.8 Å². The summed E-state index contributed by atoms with van der Waals surface area (Å²) in [6.45, 7) is 1.91. The van der Waals surface area contributed by atoms with Crippen LogP contribution in [0.3, 0.4) is 0 Å². The molecule has 0 amide bonds. The molecule has 0 saturated heterocycles. The van der Waals surface area contributed by atoms with Gasteiger partial charge in [-0.25, -0.2) is 0 Å². The Morgan fingerprint density at radius 2 is 1.73 bits per heavy atom. The van der Waals surface area contributed by atoms with Crippen molar-refractivity contribution < 1.29 is 31.1 Å². The van der Waals surface area contributed by atoms with Gasteiger partial charge in [-0.05, 0) is 30.1 Å². The van der Waals surface area contributed by atoms with Crippen molar-refractivity contribution >= 4 is 11.1 Å². The van der Waals surface area contributed by atoms with Gasteiger partial charge in [0.15, 0.2) is 0 Å². The average molecular weight is 263 g/mol. The smallest absolute Gasteiger partial charge is 0.768 e. The Morgan fingerprint density at radius 1 is 1.27 bits per heavy atom. The number of rotatable bonds is 1. The Bertz CT molecular complexity index is 245. The van der Waals surface area contributed by atoms with Gasteiger partial charge in [0, 0.05) is 4.90 Å². The molecular weight excluding hydrogens is 256 g/mol. The minimum Gasteiger partial charge on any atom is -0.768 e. The molecule has 0 aliphatic heterocycles. The van der Waals surface area contributed by atoms with Gasteiger partial charge in [0.1, 0.15) is 0 Å². The van der Waals surface area contributed by atoms with E-state index in [1.165, 1.54) is 0 Å². The van der Waals surface area contributed by atoms with Gasteiger partial charge in [-0.1, -0.05) is 17.7 Å². The Balaban J connectivity index is 0.000001000. The van der Waals surface area contributed by atoms with E-state index in [1.807, 2.05) is 6.92 Å². The fourth-order valence-electron chi connectivity index (χ4n) is 0.649. The first kappa shape index (κ1) is 11.1. The minimum atomic E-state index is -2.09. The van der Waals surface area contributed by atoms with Crippen molar-refractivity contribution in [3.8, 4) is 0 Å². The molecule has 0 spiro atoms. The van der Waals surface area contributed by atoms with Crippen LogP contribution in [-0.2, 0) is 33.5 Å². The van der Waals surface area contributed by atoms with Crippen LogP contribution in [0.15, 0.2) is 29.2 Å². The molecule has 1 aromatic carbocycles. The molecule has 2 nitrogen and oxygen atoms in total. The normalized spacial score (nSPS) is 11.8. The summed E-state index contributed by atoms with van der Waals surface area (Å²) in [6.07, 6.45) is 0. The van der Waals surface area contributed by atoms with E-state index in [-0.39, 0.29) is 22.4 Å². The maximum Gasteiger partial charge on any atom is 1.00 e. The van der Waals surface area contributed by atoms with Crippen molar-refractivity contribution in [2.75, 3.05) is 0 Å². The van der Waals surface area contributed by atoms with Gasteiger partial charge in [0.25, 0.3) is 0 Å². The summed E-state index contributed by atoms with van der Waals surface area (Å²) in [4.78, 5) is 0.339. The molecular formula is C7H7AgO2S.